The highest BCUT2D eigenvalue weighted by molar-refractivity contribution is 7.89. The molecule has 0 unspecified atom stereocenters. The summed E-state index contributed by atoms with van der Waals surface area (Å²) < 4.78 is 22.8. The van der Waals surface area contributed by atoms with Gasteiger partial charge in [0.25, 0.3) is 0 Å². The van der Waals surface area contributed by atoms with Gasteiger partial charge in [-0.05, 0) is 30.3 Å². The minimum Gasteiger partial charge on any atom is -0.298 e. The number of fused-ring (bicyclic) bond motifs is 1. The fraction of sp³-hybridized carbons (Fsp3) is 0. The van der Waals surface area contributed by atoms with Gasteiger partial charge in [-0.1, -0.05) is 12.1 Å². The molecule has 0 aliphatic rings. The maximum Gasteiger partial charge on any atom is 0.238 e. The number of rotatable bonds is 3. The summed E-state index contributed by atoms with van der Waals surface area (Å²) in [5, 5.41) is 12.9. The first kappa shape index (κ1) is 13.5. The number of carbonyl (C=O) groups is 1. The van der Waals surface area contributed by atoms with E-state index in [0.717, 1.165) is 17.2 Å². The number of aldehydes is 1. The summed E-state index contributed by atoms with van der Waals surface area (Å²) in [5.74, 6) is 0. The number of H-pyrrole nitrogens is 1. The molecule has 1 heterocycles. The number of hydrogen-bond acceptors (Lipinski definition) is 4. The summed E-state index contributed by atoms with van der Waals surface area (Å²) in [6, 6.07) is 11.3. The summed E-state index contributed by atoms with van der Waals surface area (Å²) in [6.07, 6.45) is 0.747. The number of primary sulfonamides is 1. The number of nitrogens with zero attached hydrogens (tertiary/aromatic N) is 1. The van der Waals surface area contributed by atoms with Crippen molar-refractivity contribution in [1.29, 1.82) is 0 Å². The van der Waals surface area contributed by atoms with E-state index in [-0.39, 0.29) is 4.90 Å². The lowest BCUT2D eigenvalue weighted by Gasteiger charge is -2.02. The van der Waals surface area contributed by atoms with Crippen LogP contribution < -0.4 is 5.14 Å². The van der Waals surface area contributed by atoms with E-state index in [9.17, 15) is 13.2 Å². The van der Waals surface area contributed by atoms with Crippen LogP contribution in [-0.2, 0) is 10.0 Å². The maximum absolute atomic E-state index is 11.4. The Morgan fingerprint density at radius 2 is 1.95 bits per heavy atom. The molecule has 0 spiro atoms. The molecule has 0 atom stereocenters. The van der Waals surface area contributed by atoms with E-state index < -0.39 is 10.0 Å². The molecule has 0 bridgehead atoms. The van der Waals surface area contributed by atoms with Gasteiger partial charge in [0.15, 0.2) is 0 Å². The number of nitrogens with one attached hydrogen (secondary N) is 1. The SMILES string of the molecule is NS(=O)(=O)c1cccc(-c2n[nH]c3ccc(C=O)cc23)c1. The van der Waals surface area contributed by atoms with Crippen molar-refractivity contribution in [2.24, 2.45) is 5.14 Å². The van der Waals surface area contributed by atoms with Crippen molar-refractivity contribution >= 4 is 27.2 Å². The van der Waals surface area contributed by atoms with Crippen molar-refractivity contribution in [3.05, 3.63) is 48.0 Å². The Balaban J connectivity index is 2.23. The Kier molecular flexibility index (Phi) is 3.08. The molecule has 3 rings (SSSR count). The first-order valence-electron chi connectivity index (χ1n) is 6.05. The lowest BCUT2D eigenvalue weighted by atomic mass is 10.1. The smallest absolute Gasteiger partial charge is 0.238 e. The van der Waals surface area contributed by atoms with Crippen LogP contribution in [0.25, 0.3) is 22.2 Å². The molecule has 0 aliphatic heterocycles. The van der Waals surface area contributed by atoms with Gasteiger partial charge in [0.1, 0.15) is 6.29 Å². The zero-order valence-electron chi connectivity index (χ0n) is 10.8. The van der Waals surface area contributed by atoms with E-state index in [1.807, 2.05) is 0 Å². The molecule has 0 saturated carbocycles. The molecular weight excluding hydrogens is 290 g/mol. The summed E-state index contributed by atoms with van der Waals surface area (Å²) in [5.41, 5.74) is 2.46. The van der Waals surface area contributed by atoms with Crippen LogP contribution in [0.15, 0.2) is 47.4 Å². The van der Waals surface area contributed by atoms with Crippen molar-refractivity contribution in [1.82, 2.24) is 10.2 Å². The van der Waals surface area contributed by atoms with Crippen LogP contribution in [0.4, 0.5) is 0 Å². The molecule has 3 N–H and O–H groups in total. The van der Waals surface area contributed by atoms with Crippen molar-refractivity contribution in [2.75, 3.05) is 0 Å². The largest absolute Gasteiger partial charge is 0.298 e. The minimum atomic E-state index is -3.78. The molecule has 0 radical (unpaired) electrons. The van der Waals surface area contributed by atoms with Gasteiger partial charge in [0.05, 0.1) is 16.1 Å². The lowest BCUT2D eigenvalue weighted by molar-refractivity contribution is 0.112. The molecule has 0 saturated heterocycles. The number of aromatic nitrogens is 2. The molecule has 1 aromatic heterocycles. The highest BCUT2D eigenvalue weighted by atomic mass is 32.2. The highest BCUT2D eigenvalue weighted by Crippen LogP contribution is 2.28. The average molecular weight is 301 g/mol. The summed E-state index contributed by atoms with van der Waals surface area (Å²) in [4.78, 5) is 10.9. The fourth-order valence-corrected chi connectivity index (χ4v) is 2.70. The third kappa shape index (κ3) is 2.44. The second-order valence-electron chi connectivity index (χ2n) is 4.57. The summed E-state index contributed by atoms with van der Waals surface area (Å²) in [6.45, 7) is 0. The number of benzene rings is 2. The van der Waals surface area contributed by atoms with Gasteiger partial charge in [-0.3, -0.25) is 9.89 Å². The third-order valence-electron chi connectivity index (χ3n) is 3.16. The number of aromatic amines is 1. The second-order valence-corrected chi connectivity index (χ2v) is 6.13. The predicted octanol–water partition coefficient (Wildman–Crippen LogP) is 1.69. The van der Waals surface area contributed by atoms with Crippen LogP contribution in [-0.4, -0.2) is 24.9 Å². The van der Waals surface area contributed by atoms with Crippen molar-refractivity contribution in [2.45, 2.75) is 4.90 Å². The molecule has 3 aromatic rings. The van der Waals surface area contributed by atoms with E-state index in [1.54, 1.807) is 30.3 Å². The maximum atomic E-state index is 11.4. The van der Waals surface area contributed by atoms with Gasteiger partial charge >= 0.3 is 0 Å². The van der Waals surface area contributed by atoms with Gasteiger partial charge in [-0.2, -0.15) is 5.10 Å². The van der Waals surface area contributed by atoms with Crippen LogP contribution in [0.2, 0.25) is 0 Å². The zero-order chi connectivity index (χ0) is 15.0. The predicted molar refractivity (Wildman–Crippen MR) is 78.3 cm³/mol. The first-order chi connectivity index (χ1) is 9.99. The van der Waals surface area contributed by atoms with Crippen LogP contribution in [0.5, 0.6) is 0 Å². The Morgan fingerprint density at radius 3 is 2.67 bits per heavy atom. The topological polar surface area (TPSA) is 106 Å². The normalized spacial score (nSPS) is 11.7. The molecule has 6 nitrogen and oxygen atoms in total. The van der Waals surface area contributed by atoms with E-state index in [0.29, 0.717) is 16.8 Å². The molecule has 106 valence electrons. The van der Waals surface area contributed by atoms with Crippen LogP contribution in [0, 0.1) is 0 Å². The van der Waals surface area contributed by atoms with Gasteiger partial charge in [-0.25, -0.2) is 13.6 Å². The molecule has 21 heavy (non-hydrogen) atoms. The monoisotopic (exact) mass is 301 g/mol. The number of hydrogen-bond donors (Lipinski definition) is 2. The minimum absolute atomic E-state index is 0.0164. The molecule has 7 heteroatoms. The van der Waals surface area contributed by atoms with E-state index in [1.165, 1.54) is 12.1 Å². The lowest BCUT2D eigenvalue weighted by Crippen LogP contribution is -2.11. The van der Waals surface area contributed by atoms with Gasteiger partial charge < -0.3 is 0 Å². The zero-order valence-corrected chi connectivity index (χ0v) is 11.6. The Morgan fingerprint density at radius 1 is 1.14 bits per heavy atom. The Hall–Kier alpha value is -2.51. The Labute approximate surface area is 120 Å². The average Bonchev–Trinajstić information content (AvgIpc) is 2.89. The van der Waals surface area contributed by atoms with E-state index >= 15 is 0 Å². The standard InChI is InChI=1S/C14H11N3O3S/c15-21(19,20)11-3-1-2-10(7-11)14-12-6-9(8-18)4-5-13(12)16-17-14/h1-8H,(H,16,17)(H2,15,19,20). The highest BCUT2D eigenvalue weighted by Gasteiger charge is 2.13. The molecule has 0 aliphatic carbocycles. The Bertz CT molecular complexity index is 945. The first-order valence-corrected chi connectivity index (χ1v) is 7.60. The van der Waals surface area contributed by atoms with Gasteiger partial charge in [0.2, 0.25) is 10.0 Å². The quantitative estimate of drug-likeness (QED) is 0.718. The van der Waals surface area contributed by atoms with Crippen molar-refractivity contribution in [3.63, 3.8) is 0 Å². The number of sulfonamides is 1. The van der Waals surface area contributed by atoms with Crippen LogP contribution in [0.3, 0.4) is 0 Å². The van der Waals surface area contributed by atoms with Crippen molar-refractivity contribution < 1.29 is 13.2 Å². The molecule has 2 aromatic carbocycles. The molecule has 0 amide bonds. The summed E-state index contributed by atoms with van der Waals surface area (Å²) in [7, 11) is -3.78. The van der Waals surface area contributed by atoms with Crippen LogP contribution >= 0.6 is 0 Å². The van der Waals surface area contributed by atoms with Gasteiger partial charge in [0, 0.05) is 16.5 Å². The van der Waals surface area contributed by atoms with Gasteiger partial charge in [-0.15, -0.1) is 0 Å². The number of nitrogens with two attached hydrogens (primary N) is 1. The fourth-order valence-electron chi connectivity index (χ4n) is 2.15. The van der Waals surface area contributed by atoms with Crippen molar-refractivity contribution in [3.8, 4) is 11.3 Å². The summed E-state index contributed by atoms with van der Waals surface area (Å²) >= 11 is 0. The third-order valence-corrected chi connectivity index (χ3v) is 4.07. The number of carbonyl (C=O) groups excluding carboxylic acids is 1. The van der Waals surface area contributed by atoms with Crippen LogP contribution in [0.1, 0.15) is 10.4 Å². The van der Waals surface area contributed by atoms with E-state index in [2.05, 4.69) is 10.2 Å². The molecule has 0 fully saturated rings. The second kappa shape index (κ2) is 4.80. The molecular formula is C14H11N3O3S. The van der Waals surface area contributed by atoms with E-state index in [4.69, 9.17) is 5.14 Å².